The first-order valence-electron chi connectivity index (χ1n) is 16.2. The molecule has 0 radical (unpaired) electrons. The van der Waals surface area contributed by atoms with Gasteiger partial charge >= 0.3 is 12.1 Å². The zero-order chi connectivity index (χ0) is 31.3. The van der Waals surface area contributed by atoms with Gasteiger partial charge in [-0.2, -0.15) is 0 Å². The van der Waals surface area contributed by atoms with Crippen molar-refractivity contribution in [2.24, 2.45) is 0 Å². The fraction of sp³-hybridized carbons (Fsp3) is 0.629. The first kappa shape index (κ1) is 36.1. The molecular weight excluding hydrogens is 544 g/mol. The Hall–Kier alpha value is -3.13. The van der Waals surface area contributed by atoms with E-state index >= 15 is 0 Å². The smallest absolute Gasteiger partial charge is 0.414 e. The zero-order valence-corrected chi connectivity index (χ0v) is 27.0. The molecule has 8 nitrogen and oxygen atoms in total. The summed E-state index contributed by atoms with van der Waals surface area (Å²) in [5.41, 5.74) is 0.785. The number of carbonyl (C=O) groups excluding carboxylic acids is 2. The number of esters is 1. The largest absolute Gasteiger partial charge is 0.465 e. The highest BCUT2D eigenvalue weighted by Gasteiger charge is 2.24. The molecule has 0 unspecified atom stereocenters. The van der Waals surface area contributed by atoms with Gasteiger partial charge in [-0.05, 0) is 52.2 Å². The van der Waals surface area contributed by atoms with Crippen LogP contribution in [0.2, 0.25) is 0 Å². The third-order valence-corrected chi connectivity index (χ3v) is 7.03. The van der Waals surface area contributed by atoms with Gasteiger partial charge in [0.15, 0.2) is 0 Å². The van der Waals surface area contributed by atoms with Gasteiger partial charge in [0.1, 0.15) is 12.1 Å². The minimum atomic E-state index is -0.647. The third kappa shape index (κ3) is 16.3. The van der Waals surface area contributed by atoms with Crippen molar-refractivity contribution in [3.63, 3.8) is 0 Å². The van der Waals surface area contributed by atoms with E-state index in [1.54, 1.807) is 17.9 Å². The fourth-order valence-electron chi connectivity index (χ4n) is 4.80. The molecule has 0 spiro atoms. The Bertz CT molecular complexity index is 1110. The molecule has 0 aliphatic heterocycles. The number of rotatable bonds is 21. The quantitative estimate of drug-likeness (QED) is 0.107. The monoisotopic (exact) mass is 598 g/mol. The number of pyridine rings is 1. The lowest BCUT2D eigenvalue weighted by Crippen LogP contribution is -2.38. The Morgan fingerprint density at radius 3 is 1.95 bits per heavy atom. The maximum Gasteiger partial charge on any atom is 0.414 e. The highest BCUT2D eigenvalue weighted by molar-refractivity contribution is 5.87. The predicted molar refractivity (Wildman–Crippen MR) is 172 cm³/mol. The normalized spacial score (nSPS) is 11.3. The van der Waals surface area contributed by atoms with Crippen molar-refractivity contribution in [3.8, 4) is 0 Å². The number of aromatic nitrogens is 1. The predicted octanol–water partition coefficient (Wildman–Crippen LogP) is 8.05. The number of anilines is 1. The van der Waals surface area contributed by atoms with Crippen LogP contribution < -0.4 is 10.5 Å². The summed E-state index contributed by atoms with van der Waals surface area (Å²) in [7, 11) is 0. The maximum absolute atomic E-state index is 13.0. The number of hydrogen-bond donors (Lipinski definition) is 0. The first-order chi connectivity index (χ1) is 20.7. The Morgan fingerprint density at radius 1 is 0.791 bits per heavy atom. The van der Waals surface area contributed by atoms with Crippen LogP contribution in [0.1, 0.15) is 110 Å². The number of benzene rings is 1. The van der Waals surface area contributed by atoms with E-state index in [0.717, 1.165) is 32.3 Å². The third-order valence-electron chi connectivity index (χ3n) is 7.03. The molecule has 0 saturated heterocycles. The van der Waals surface area contributed by atoms with Gasteiger partial charge in [-0.25, -0.2) is 4.79 Å². The number of unbranched alkanes of at least 4 members (excludes halogenated alkanes) is 11. The summed E-state index contributed by atoms with van der Waals surface area (Å²) in [6.45, 7) is 9.26. The molecule has 1 aromatic heterocycles. The molecule has 1 heterocycles. The second-order valence-corrected chi connectivity index (χ2v) is 12.1. The van der Waals surface area contributed by atoms with E-state index in [4.69, 9.17) is 14.2 Å². The van der Waals surface area contributed by atoms with E-state index in [9.17, 15) is 14.4 Å². The molecule has 0 saturated carbocycles. The molecule has 2 rings (SSSR count). The van der Waals surface area contributed by atoms with Crippen LogP contribution in [0.4, 0.5) is 10.5 Å². The number of nitrogens with zero attached hydrogens (tertiary/aromatic N) is 2. The summed E-state index contributed by atoms with van der Waals surface area (Å²) < 4.78 is 17.6. The second kappa shape index (κ2) is 20.7. The Labute approximate surface area is 258 Å². The Morgan fingerprint density at radius 2 is 1.37 bits per heavy atom. The maximum atomic E-state index is 13.0. The topological polar surface area (TPSA) is 87.1 Å². The number of hydrogen-bond acceptors (Lipinski definition) is 6. The van der Waals surface area contributed by atoms with Crippen molar-refractivity contribution >= 4 is 17.7 Å². The summed E-state index contributed by atoms with van der Waals surface area (Å²) in [6, 6.07) is 13.3. The van der Waals surface area contributed by atoms with Crippen LogP contribution in [0.5, 0.6) is 0 Å². The summed E-state index contributed by atoms with van der Waals surface area (Å²) in [5.74, 6) is -0.495. The van der Waals surface area contributed by atoms with E-state index in [1.807, 2.05) is 39.0 Å². The molecule has 1 amide bonds. The molecule has 0 bridgehead atoms. The standard InChI is InChI=1S/C35H54N2O6/c1-5-42-33(39)28-36-27-31(23-24-32(36)38)37(34(40)43-35(2,3)4)25-19-14-12-10-8-6-7-9-11-13-15-20-26-41-29-30-21-17-16-18-22-30/h16-18,21-24,27H,5-15,19-20,25-26,28-29H2,1-4H3. The van der Waals surface area contributed by atoms with Crippen LogP contribution in [0, 0.1) is 0 Å². The van der Waals surface area contributed by atoms with E-state index in [2.05, 4.69) is 12.1 Å². The van der Waals surface area contributed by atoms with E-state index in [1.165, 1.54) is 73.8 Å². The molecular formula is C35H54N2O6. The Kier molecular flexibility index (Phi) is 17.4. The SMILES string of the molecule is CCOC(=O)Cn1cc(N(CCCCCCCCCCCCCCOCc2ccccc2)C(=O)OC(C)(C)C)ccc1=O. The van der Waals surface area contributed by atoms with Gasteiger partial charge in [0.25, 0.3) is 5.56 Å². The highest BCUT2D eigenvalue weighted by atomic mass is 16.6. The average Bonchev–Trinajstić information content (AvgIpc) is 2.96. The zero-order valence-electron chi connectivity index (χ0n) is 27.0. The van der Waals surface area contributed by atoms with Crippen LogP contribution in [-0.2, 0) is 32.2 Å². The van der Waals surface area contributed by atoms with Gasteiger partial charge in [0.2, 0.25) is 0 Å². The van der Waals surface area contributed by atoms with Crippen molar-refractivity contribution in [1.29, 1.82) is 0 Å². The lowest BCUT2D eigenvalue weighted by molar-refractivity contribution is -0.143. The first-order valence-corrected chi connectivity index (χ1v) is 16.2. The van der Waals surface area contributed by atoms with Crippen LogP contribution >= 0.6 is 0 Å². The van der Waals surface area contributed by atoms with Crippen molar-refractivity contribution in [2.45, 2.75) is 123 Å². The molecule has 0 atom stereocenters. The van der Waals surface area contributed by atoms with E-state index in [-0.39, 0.29) is 18.7 Å². The summed E-state index contributed by atoms with van der Waals surface area (Å²) >= 11 is 0. The van der Waals surface area contributed by atoms with Gasteiger partial charge in [0, 0.05) is 25.4 Å². The number of amides is 1. The molecule has 0 fully saturated rings. The van der Waals surface area contributed by atoms with E-state index in [0.29, 0.717) is 18.8 Å². The average molecular weight is 599 g/mol. The molecule has 1 aromatic carbocycles. The molecule has 0 aliphatic carbocycles. The van der Waals surface area contributed by atoms with Crippen LogP contribution in [0.3, 0.4) is 0 Å². The van der Waals surface area contributed by atoms with Gasteiger partial charge in [-0.1, -0.05) is 94.5 Å². The van der Waals surface area contributed by atoms with Crippen LogP contribution in [0.25, 0.3) is 0 Å². The van der Waals surface area contributed by atoms with Gasteiger partial charge in [0.05, 0.1) is 18.9 Å². The second-order valence-electron chi connectivity index (χ2n) is 12.1. The fourth-order valence-corrected chi connectivity index (χ4v) is 4.80. The molecule has 2 aromatic rings. The number of ether oxygens (including phenoxy) is 3. The van der Waals surface area contributed by atoms with Crippen LogP contribution in [0.15, 0.2) is 53.5 Å². The highest BCUT2D eigenvalue weighted by Crippen LogP contribution is 2.19. The summed E-state index contributed by atoms with van der Waals surface area (Å²) in [6.07, 6.45) is 15.3. The lowest BCUT2D eigenvalue weighted by atomic mass is 10.1. The summed E-state index contributed by atoms with van der Waals surface area (Å²) in [4.78, 5) is 38.8. The number of carbonyl (C=O) groups is 2. The van der Waals surface area contributed by atoms with Gasteiger partial charge in [-0.3, -0.25) is 14.5 Å². The van der Waals surface area contributed by atoms with Gasteiger partial charge in [-0.15, -0.1) is 0 Å². The lowest BCUT2D eigenvalue weighted by Gasteiger charge is -2.27. The van der Waals surface area contributed by atoms with Gasteiger partial charge < -0.3 is 18.8 Å². The Balaban J connectivity index is 1.61. The van der Waals surface area contributed by atoms with Crippen molar-refractivity contribution < 1.29 is 23.8 Å². The minimum absolute atomic E-state index is 0.202. The van der Waals surface area contributed by atoms with Crippen molar-refractivity contribution in [3.05, 3.63) is 64.6 Å². The van der Waals surface area contributed by atoms with Crippen molar-refractivity contribution in [2.75, 3.05) is 24.7 Å². The molecule has 0 aliphatic rings. The summed E-state index contributed by atoms with van der Waals surface area (Å²) in [5, 5.41) is 0. The molecule has 0 N–H and O–H groups in total. The van der Waals surface area contributed by atoms with Crippen LogP contribution in [-0.4, -0.2) is 42.0 Å². The molecule has 43 heavy (non-hydrogen) atoms. The minimum Gasteiger partial charge on any atom is -0.465 e. The van der Waals surface area contributed by atoms with E-state index < -0.39 is 17.7 Å². The molecule has 240 valence electrons. The van der Waals surface area contributed by atoms with Crippen molar-refractivity contribution in [1.82, 2.24) is 4.57 Å². The molecule has 8 heteroatoms.